The number of hydrogen-bond acceptors (Lipinski definition) is 1. The van der Waals surface area contributed by atoms with Crippen molar-refractivity contribution in [2.45, 2.75) is 50.6 Å². The number of benzene rings is 1. The van der Waals surface area contributed by atoms with E-state index in [-0.39, 0.29) is 17.7 Å². The number of rotatable bonds is 3. The van der Waals surface area contributed by atoms with Crippen LogP contribution in [0.4, 0.5) is 13.2 Å². The summed E-state index contributed by atoms with van der Waals surface area (Å²) in [5.41, 5.74) is 3.98. The molecular formula is C15H20F3N. The Kier molecular flexibility index (Phi) is 3.65. The quantitative estimate of drug-likeness (QED) is 0.885. The first kappa shape index (κ1) is 14.4. The van der Waals surface area contributed by atoms with Crippen LogP contribution in [0.3, 0.4) is 0 Å². The van der Waals surface area contributed by atoms with Gasteiger partial charge in [0, 0.05) is 12.0 Å². The van der Waals surface area contributed by atoms with Crippen molar-refractivity contribution in [3.05, 3.63) is 34.9 Å². The third kappa shape index (κ3) is 2.50. The van der Waals surface area contributed by atoms with Gasteiger partial charge >= 0.3 is 0 Å². The van der Waals surface area contributed by atoms with Crippen LogP contribution in [0.2, 0.25) is 0 Å². The van der Waals surface area contributed by atoms with Crippen molar-refractivity contribution in [3.63, 3.8) is 0 Å². The Morgan fingerprint density at radius 2 is 1.79 bits per heavy atom. The molecule has 2 N–H and O–H groups in total. The normalized spacial score (nSPS) is 18.8. The highest BCUT2D eigenvalue weighted by Gasteiger charge is 2.38. The van der Waals surface area contributed by atoms with Gasteiger partial charge in [0.1, 0.15) is 5.67 Å². The summed E-state index contributed by atoms with van der Waals surface area (Å²) in [5, 5.41) is 0. The Balaban J connectivity index is 2.59. The zero-order valence-corrected chi connectivity index (χ0v) is 11.4. The maximum atomic E-state index is 14.1. The van der Waals surface area contributed by atoms with Crippen LogP contribution in [-0.2, 0) is 11.1 Å². The van der Waals surface area contributed by atoms with Gasteiger partial charge in [-0.05, 0) is 49.9 Å². The fourth-order valence-electron chi connectivity index (χ4n) is 2.95. The first-order valence-electron chi connectivity index (χ1n) is 6.69. The zero-order chi connectivity index (χ0) is 14.3. The number of nitrogens with two attached hydrogens (primary N) is 1. The maximum Gasteiger partial charge on any atom is 0.162 e. The average molecular weight is 271 g/mol. The summed E-state index contributed by atoms with van der Waals surface area (Å²) in [6, 6.07) is 2.40. The Labute approximate surface area is 112 Å². The van der Waals surface area contributed by atoms with E-state index in [9.17, 15) is 13.2 Å². The molecule has 106 valence electrons. The molecule has 2 rings (SSSR count). The van der Waals surface area contributed by atoms with Crippen molar-refractivity contribution in [1.82, 2.24) is 0 Å². The first-order chi connectivity index (χ1) is 8.80. The Morgan fingerprint density at radius 3 is 2.26 bits per heavy atom. The lowest BCUT2D eigenvalue weighted by Gasteiger charge is -2.30. The lowest BCUT2D eigenvalue weighted by Crippen LogP contribution is -2.34. The smallest absolute Gasteiger partial charge is 0.162 e. The van der Waals surface area contributed by atoms with Crippen molar-refractivity contribution in [3.8, 4) is 0 Å². The highest BCUT2D eigenvalue weighted by molar-refractivity contribution is 5.36. The van der Waals surface area contributed by atoms with Crippen LogP contribution >= 0.6 is 0 Å². The van der Waals surface area contributed by atoms with E-state index in [0.29, 0.717) is 0 Å². The minimum absolute atomic E-state index is 0.168. The van der Waals surface area contributed by atoms with E-state index in [1.54, 1.807) is 0 Å². The molecule has 0 heterocycles. The summed E-state index contributed by atoms with van der Waals surface area (Å²) in [4.78, 5) is 0. The molecule has 0 aliphatic heterocycles. The molecule has 0 amide bonds. The third-order valence-corrected chi connectivity index (χ3v) is 4.24. The maximum absolute atomic E-state index is 14.1. The summed E-state index contributed by atoms with van der Waals surface area (Å²) >= 11 is 0. The van der Waals surface area contributed by atoms with Gasteiger partial charge in [0.05, 0.1) is 0 Å². The molecule has 1 aliphatic rings. The fourth-order valence-corrected chi connectivity index (χ4v) is 2.95. The molecule has 1 aromatic rings. The van der Waals surface area contributed by atoms with Crippen LogP contribution in [0.5, 0.6) is 0 Å². The van der Waals surface area contributed by atoms with E-state index in [2.05, 4.69) is 0 Å². The number of hydrogen-bond donors (Lipinski definition) is 1. The highest BCUT2D eigenvalue weighted by atomic mass is 19.2. The summed E-state index contributed by atoms with van der Waals surface area (Å²) in [6.45, 7) is 2.94. The molecule has 19 heavy (non-hydrogen) atoms. The summed E-state index contributed by atoms with van der Waals surface area (Å²) in [6.07, 6.45) is 3.36. The predicted molar refractivity (Wildman–Crippen MR) is 69.7 cm³/mol. The average Bonchev–Trinajstić information content (AvgIpc) is 2.80. The van der Waals surface area contributed by atoms with Crippen molar-refractivity contribution in [2.75, 3.05) is 6.54 Å². The summed E-state index contributed by atoms with van der Waals surface area (Å²) in [5.74, 6) is -1.86. The molecule has 0 unspecified atom stereocenters. The summed E-state index contributed by atoms with van der Waals surface area (Å²) in [7, 11) is 0. The van der Waals surface area contributed by atoms with Crippen LogP contribution in [0.1, 0.15) is 50.7 Å². The Hall–Kier alpha value is -1.03. The van der Waals surface area contributed by atoms with E-state index in [0.717, 1.165) is 31.7 Å². The second-order valence-corrected chi connectivity index (χ2v) is 5.98. The van der Waals surface area contributed by atoms with Gasteiger partial charge in [0.2, 0.25) is 0 Å². The molecule has 1 nitrogen and oxygen atoms in total. The fraction of sp³-hybridized carbons (Fsp3) is 0.600. The summed E-state index contributed by atoms with van der Waals surface area (Å²) < 4.78 is 41.9. The van der Waals surface area contributed by atoms with Gasteiger partial charge in [-0.1, -0.05) is 12.8 Å². The van der Waals surface area contributed by atoms with Gasteiger partial charge < -0.3 is 5.73 Å². The molecular weight excluding hydrogens is 251 g/mol. The van der Waals surface area contributed by atoms with Crippen LogP contribution in [-0.4, -0.2) is 6.54 Å². The van der Waals surface area contributed by atoms with Gasteiger partial charge in [0.25, 0.3) is 0 Å². The van der Waals surface area contributed by atoms with Gasteiger partial charge in [0.15, 0.2) is 11.6 Å². The Morgan fingerprint density at radius 1 is 1.21 bits per heavy atom. The molecule has 0 atom stereocenters. The molecule has 1 saturated carbocycles. The van der Waals surface area contributed by atoms with E-state index < -0.39 is 22.7 Å². The molecule has 0 aromatic heterocycles. The van der Waals surface area contributed by atoms with Crippen molar-refractivity contribution < 1.29 is 13.2 Å². The van der Waals surface area contributed by atoms with Crippen LogP contribution in [0.15, 0.2) is 12.1 Å². The van der Waals surface area contributed by atoms with Crippen LogP contribution in [0.25, 0.3) is 0 Å². The van der Waals surface area contributed by atoms with Gasteiger partial charge in [-0.15, -0.1) is 0 Å². The molecule has 1 aliphatic carbocycles. The topological polar surface area (TPSA) is 26.0 Å². The molecule has 4 heteroatoms. The number of alkyl halides is 1. The van der Waals surface area contributed by atoms with E-state index in [1.165, 1.54) is 19.9 Å². The third-order valence-electron chi connectivity index (χ3n) is 4.24. The predicted octanol–water partition coefficient (Wildman–Crippen LogP) is 3.94. The van der Waals surface area contributed by atoms with Crippen LogP contribution in [0, 0.1) is 11.6 Å². The molecule has 0 spiro atoms. The SMILES string of the molecule is CC(C)(F)c1cc(F)c(F)c(C2(CN)CCCC2)c1. The van der Waals surface area contributed by atoms with Gasteiger partial charge in [-0.25, -0.2) is 13.2 Å². The molecule has 1 aromatic carbocycles. The minimum Gasteiger partial charge on any atom is -0.330 e. The lowest BCUT2D eigenvalue weighted by atomic mass is 9.77. The zero-order valence-electron chi connectivity index (χ0n) is 11.4. The second-order valence-electron chi connectivity index (χ2n) is 5.98. The largest absolute Gasteiger partial charge is 0.330 e. The van der Waals surface area contributed by atoms with Crippen LogP contribution < -0.4 is 5.73 Å². The van der Waals surface area contributed by atoms with Gasteiger partial charge in [-0.3, -0.25) is 0 Å². The van der Waals surface area contributed by atoms with E-state index >= 15 is 0 Å². The van der Waals surface area contributed by atoms with E-state index in [1.807, 2.05) is 0 Å². The molecule has 1 fully saturated rings. The van der Waals surface area contributed by atoms with Gasteiger partial charge in [-0.2, -0.15) is 0 Å². The lowest BCUT2D eigenvalue weighted by molar-refractivity contribution is 0.219. The highest BCUT2D eigenvalue weighted by Crippen LogP contribution is 2.43. The van der Waals surface area contributed by atoms with E-state index in [4.69, 9.17) is 5.73 Å². The first-order valence-corrected chi connectivity index (χ1v) is 6.69. The molecule has 0 radical (unpaired) electrons. The molecule has 0 saturated heterocycles. The second kappa shape index (κ2) is 4.82. The van der Waals surface area contributed by atoms with Crippen molar-refractivity contribution >= 4 is 0 Å². The monoisotopic (exact) mass is 271 g/mol. The number of halogens is 3. The van der Waals surface area contributed by atoms with Crippen molar-refractivity contribution in [2.24, 2.45) is 5.73 Å². The standard InChI is InChI=1S/C15H20F3N/c1-14(2,18)10-7-11(13(17)12(16)8-10)15(9-19)5-3-4-6-15/h7-8H,3-6,9,19H2,1-2H3. The molecule has 0 bridgehead atoms. The Bertz CT molecular complexity index is 471. The van der Waals surface area contributed by atoms with Crippen molar-refractivity contribution in [1.29, 1.82) is 0 Å². The minimum atomic E-state index is -1.70.